The minimum atomic E-state index is -0.235. The lowest BCUT2D eigenvalue weighted by Gasteiger charge is -2.17. The zero-order valence-corrected chi connectivity index (χ0v) is 12.2. The molecular formula is C16H23NO3. The quantitative estimate of drug-likeness (QED) is 0.778. The minimum Gasteiger partial charge on any atom is -0.493 e. The number of carbonyl (C=O) groups excluding carboxylic acids is 1. The standard InChI is InChI=1S/C16H23NO3/c1-3-19-15-9-5-4-8-14(15)16(18)12(2)17-11-13-7-6-10-20-13/h4-5,8-9,12-13,17H,3,6-7,10-11H2,1-2H3. The van der Waals surface area contributed by atoms with E-state index in [2.05, 4.69) is 5.32 Å². The van der Waals surface area contributed by atoms with E-state index in [9.17, 15) is 4.79 Å². The third-order valence-electron chi connectivity index (χ3n) is 3.52. The Labute approximate surface area is 120 Å². The van der Waals surface area contributed by atoms with Crippen LogP contribution in [-0.2, 0) is 4.74 Å². The lowest BCUT2D eigenvalue weighted by molar-refractivity contribution is 0.0899. The fourth-order valence-electron chi connectivity index (χ4n) is 2.39. The van der Waals surface area contributed by atoms with Crippen molar-refractivity contribution < 1.29 is 14.3 Å². The van der Waals surface area contributed by atoms with Crippen LogP contribution in [0.15, 0.2) is 24.3 Å². The highest BCUT2D eigenvalue weighted by molar-refractivity contribution is 6.02. The van der Waals surface area contributed by atoms with E-state index < -0.39 is 0 Å². The molecule has 2 atom stereocenters. The van der Waals surface area contributed by atoms with Crippen LogP contribution in [0.4, 0.5) is 0 Å². The molecule has 0 radical (unpaired) electrons. The van der Waals surface area contributed by atoms with Crippen molar-refractivity contribution in [3.05, 3.63) is 29.8 Å². The van der Waals surface area contributed by atoms with Gasteiger partial charge in [-0.3, -0.25) is 4.79 Å². The van der Waals surface area contributed by atoms with Crippen molar-refractivity contribution in [2.75, 3.05) is 19.8 Å². The van der Waals surface area contributed by atoms with Crippen LogP contribution in [0.5, 0.6) is 5.75 Å². The number of ether oxygens (including phenoxy) is 2. The molecule has 110 valence electrons. The van der Waals surface area contributed by atoms with Gasteiger partial charge in [-0.25, -0.2) is 0 Å². The van der Waals surface area contributed by atoms with E-state index in [0.29, 0.717) is 17.9 Å². The molecule has 1 aromatic carbocycles. The average Bonchev–Trinajstić information content (AvgIpc) is 2.98. The van der Waals surface area contributed by atoms with Gasteiger partial charge in [0.1, 0.15) is 5.75 Å². The number of benzene rings is 1. The maximum absolute atomic E-state index is 12.5. The third-order valence-corrected chi connectivity index (χ3v) is 3.52. The van der Waals surface area contributed by atoms with E-state index in [1.165, 1.54) is 0 Å². The summed E-state index contributed by atoms with van der Waals surface area (Å²) >= 11 is 0. The Morgan fingerprint density at radius 3 is 3.00 bits per heavy atom. The van der Waals surface area contributed by atoms with Crippen molar-refractivity contribution in [3.63, 3.8) is 0 Å². The van der Waals surface area contributed by atoms with Crippen molar-refractivity contribution in [1.29, 1.82) is 0 Å². The van der Waals surface area contributed by atoms with Crippen LogP contribution in [-0.4, -0.2) is 37.7 Å². The van der Waals surface area contributed by atoms with Gasteiger partial charge in [0.05, 0.1) is 24.3 Å². The van der Waals surface area contributed by atoms with Crippen LogP contribution in [0.25, 0.3) is 0 Å². The van der Waals surface area contributed by atoms with E-state index in [0.717, 1.165) is 26.0 Å². The summed E-state index contributed by atoms with van der Waals surface area (Å²) in [6.07, 6.45) is 2.43. The predicted octanol–water partition coefficient (Wildman–Crippen LogP) is 2.43. The van der Waals surface area contributed by atoms with Gasteiger partial charge in [0, 0.05) is 13.2 Å². The molecule has 0 aromatic heterocycles. The summed E-state index contributed by atoms with van der Waals surface area (Å²) in [4.78, 5) is 12.5. The monoisotopic (exact) mass is 277 g/mol. The first kappa shape index (κ1) is 15.0. The lowest BCUT2D eigenvalue weighted by Crippen LogP contribution is -2.38. The van der Waals surface area contributed by atoms with Gasteiger partial charge < -0.3 is 14.8 Å². The van der Waals surface area contributed by atoms with Gasteiger partial charge in [0.15, 0.2) is 5.78 Å². The lowest BCUT2D eigenvalue weighted by atomic mass is 10.0. The molecule has 2 unspecified atom stereocenters. The first-order valence-corrected chi connectivity index (χ1v) is 7.33. The van der Waals surface area contributed by atoms with Crippen molar-refractivity contribution in [2.45, 2.75) is 38.8 Å². The second-order valence-corrected chi connectivity index (χ2v) is 5.06. The Balaban J connectivity index is 1.95. The zero-order chi connectivity index (χ0) is 14.4. The number of ketones is 1. The van der Waals surface area contributed by atoms with Gasteiger partial charge in [-0.1, -0.05) is 12.1 Å². The van der Waals surface area contributed by atoms with Crippen molar-refractivity contribution in [3.8, 4) is 5.75 Å². The van der Waals surface area contributed by atoms with Crippen molar-refractivity contribution in [2.24, 2.45) is 0 Å². The van der Waals surface area contributed by atoms with Crippen molar-refractivity contribution >= 4 is 5.78 Å². The normalized spacial score (nSPS) is 19.8. The number of para-hydroxylation sites is 1. The Bertz CT molecular complexity index is 441. The van der Waals surface area contributed by atoms with E-state index in [-0.39, 0.29) is 17.9 Å². The highest BCUT2D eigenvalue weighted by atomic mass is 16.5. The molecule has 1 N–H and O–H groups in total. The molecule has 2 rings (SSSR count). The van der Waals surface area contributed by atoms with Crippen LogP contribution < -0.4 is 10.1 Å². The third kappa shape index (κ3) is 3.81. The molecule has 0 bridgehead atoms. The van der Waals surface area contributed by atoms with E-state index in [1.807, 2.05) is 38.1 Å². The highest BCUT2D eigenvalue weighted by Crippen LogP contribution is 2.20. The summed E-state index contributed by atoms with van der Waals surface area (Å²) in [5, 5.41) is 3.26. The van der Waals surface area contributed by atoms with Crippen LogP contribution in [0, 0.1) is 0 Å². The second-order valence-electron chi connectivity index (χ2n) is 5.06. The van der Waals surface area contributed by atoms with Gasteiger partial charge in [-0.2, -0.15) is 0 Å². The molecule has 1 aromatic rings. The smallest absolute Gasteiger partial charge is 0.183 e. The second kappa shape index (κ2) is 7.41. The summed E-state index contributed by atoms with van der Waals surface area (Å²) in [7, 11) is 0. The van der Waals surface area contributed by atoms with Crippen LogP contribution >= 0.6 is 0 Å². The molecule has 1 aliphatic heterocycles. The summed E-state index contributed by atoms with van der Waals surface area (Å²) in [6, 6.07) is 7.16. The predicted molar refractivity (Wildman–Crippen MR) is 78.4 cm³/mol. The molecule has 4 heteroatoms. The van der Waals surface area contributed by atoms with Crippen LogP contribution in [0.3, 0.4) is 0 Å². The molecule has 20 heavy (non-hydrogen) atoms. The number of rotatable bonds is 7. The molecule has 1 heterocycles. The van der Waals surface area contributed by atoms with Crippen molar-refractivity contribution in [1.82, 2.24) is 5.32 Å². The zero-order valence-electron chi connectivity index (χ0n) is 12.2. The van der Waals surface area contributed by atoms with Gasteiger partial charge in [0.2, 0.25) is 0 Å². The Hall–Kier alpha value is -1.39. The topological polar surface area (TPSA) is 47.6 Å². The minimum absolute atomic E-state index is 0.0621. The maximum atomic E-state index is 12.5. The number of hydrogen-bond donors (Lipinski definition) is 1. The SMILES string of the molecule is CCOc1ccccc1C(=O)C(C)NCC1CCCO1. The first-order chi connectivity index (χ1) is 9.72. The fourth-order valence-corrected chi connectivity index (χ4v) is 2.39. The van der Waals surface area contributed by atoms with Crippen LogP contribution in [0.2, 0.25) is 0 Å². The summed E-state index contributed by atoms with van der Waals surface area (Å²) in [6.45, 7) is 5.92. The molecule has 0 aliphatic carbocycles. The molecule has 4 nitrogen and oxygen atoms in total. The summed E-state index contributed by atoms with van der Waals surface area (Å²) in [5.41, 5.74) is 0.640. The Kier molecular flexibility index (Phi) is 5.56. The van der Waals surface area contributed by atoms with Gasteiger partial charge >= 0.3 is 0 Å². The Morgan fingerprint density at radius 1 is 1.50 bits per heavy atom. The van der Waals surface area contributed by atoms with Gasteiger partial charge in [-0.15, -0.1) is 0 Å². The fraction of sp³-hybridized carbons (Fsp3) is 0.562. The molecule has 1 aliphatic rings. The molecule has 1 fully saturated rings. The molecule has 0 spiro atoms. The average molecular weight is 277 g/mol. The van der Waals surface area contributed by atoms with E-state index in [4.69, 9.17) is 9.47 Å². The first-order valence-electron chi connectivity index (χ1n) is 7.33. The Morgan fingerprint density at radius 2 is 2.30 bits per heavy atom. The largest absolute Gasteiger partial charge is 0.493 e. The number of nitrogens with one attached hydrogen (secondary N) is 1. The molecule has 0 amide bonds. The van der Waals surface area contributed by atoms with Gasteiger partial charge in [-0.05, 0) is 38.8 Å². The number of carbonyl (C=O) groups is 1. The summed E-state index contributed by atoms with van der Waals surface area (Å²) in [5.74, 6) is 0.720. The van der Waals surface area contributed by atoms with Gasteiger partial charge in [0.25, 0.3) is 0 Å². The summed E-state index contributed by atoms with van der Waals surface area (Å²) < 4.78 is 11.1. The molecule has 0 saturated carbocycles. The maximum Gasteiger partial charge on any atom is 0.183 e. The van der Waals surface area contributed by atoms with Crippen LogP contribution in [0.1, 0.15) is 37.0 Å². The number of hydrogen-bond acceptors (Lipinski definition) is 4. The van der Waals surface area contributed by atoms with E-state index >= 15 is 0 Å². The van der Waals surface area contributed by atoms with E-state index in [1.54, 1.807) is 0 Å². The highest BCUT2D eigenvalue weighted by Gasteiger charge is 2.21. The molecule has 1 saturated heterocycles. The molecular weight excluding hydrogens is 254 g/mol. The number of Topliss-reactive ketones (excluding diaryl/α,β-unsaturated/α-hetero) is 1.